The quantitative estimate of drug-likeness (QED) is 0.134. The van der Waals surface area contributed by atoms with Crippen molar-refractivity contribution >= 4 is 87.2 Å². The Morgan fingerprint density at radius 3 is 1.83 bits per heavy atom. The molecule has 0 saturated heterocycles. The van der Waals surface area contributed by atoms with E-state index < -0.39 is 0 Å². The number of nitrogens with zero attached hydrogens (tertiary/aromatic N) is 2. The molecule has 2 nitrogen and oxygen atoms in total. The van der Waals surface area contributed by atoms with E-state index in [2.05, 4.69) is 222 Å². The molecule has 4 heteroatoms. The normalized spacial score (nSPS) is 12.8. The molecule has 0 saturated carbocycles. The summed E-state index contributed by atoms with van der Waals surface area (Å²) in [5.41, 5.74) is 14.1. The highest BCUT2D eigenvalue weighted by Gasteiger charge is 2.38. The first-order valence-electron chi connectivity index (χ1n) is 17.6. The highest BCUT2D eigenvalue weighted by molar-refractivity contribution is 14.2. The maximum Gasteiger partial charge on any atom is 0.0543 e. The van der Waals surface area contributed by atoms with Gasteiger partial charge in [-0.2, -0.15) is 0 Å². The maximum atomic E-state index is 4.14. The van der Waals surface area contributed by atoms with Gasteiger partial charge in [0.15, 0.2) is 0 Å². The number of hydrogen-bond donors (Lipinski definition) is 0. The topological polar surface area (TPSA) is 6.48 Å². The summed E-state index contributed by atoms with van der Waals surface area (Å²) in [5, 5.41) is 2.50. The SMILES string of the molecule is C=Cc1cccc(N(c2ccccc2)c2ccc3c(c2)C(C)(C)c2cc(N(c4ccccc4)c4ccc(SI)cc4)c4ccccc4c2-3)c1/C=C\C. The Balaban J connectivity index is 1.35. The summed E-state index contributed by atoms with van der Waals surface area (Å²) in [6, 6.07) is 55.3. The van der Waals surface area contributed by atoms with E-state index in [0.717, 1.165) is 39.6 Å². The maximum absolute atomic E-state index is 4.14. The number of fused-ring (bicyclic) bond motifs is 5. The summed E-state index contributed by atoms with van der Waals surface area (Å²) in [7, 11) is 1.74. The van der Waals surface area contributed by atoms with Crippen LogP contribution in [0.3, 0.4) is 0 Å². The predicted octanol–water partition coefficient (Wildman–Crippen LogP) is 15.2. The lowest BCUT2D eigenvalue weighted by Crippen LogP contribution is -2.18. The van der Waals surface area contributed by atoms with Gasteiger partial charge in [-0.25, -0.2) is 0 Å². The van der Waals surface area contributed by atoms with Crippen LogP contribution < -0.4 is 9.80 Å². The largest absolute Gasteiger partial charge is 0.310 e. The van der Waals surface area contributed by atoms with Crippen LogP contribution in [-0.2, 0) is 5.41 Å². The van der Waals surface area contributed by atoms with E-state index in [9.17, 15) is 0 Å². The molecule has 0 spiro atoms. The van der Waals surface area contributed by atoms with Gasteiger partial charge in [0.2, 0.25) is 0 Å². The van der Waals surface area contributed by atoms with Crippen LogP contribution in [0, 0.1) is 0 Å². The molecule has 0 heterocycles. The van der Waals surface area contributed by atoms with Crippen molar-refractivity contribution in [1.82, 2.24) is 0 Å². The zero-order chi connectivity index (χ0) is 35.8. The van der Waals surface area contributed by atoms with E-state index >= 15 is 0 Å². The molecular weight excluding hydrogens is 764 g/mol. The second-order valence-electron chi connectivity index (χ2n) is 13.6. The van der Waals surface area contributed by atoms with Gasteiger partial charge in [-0.05, 0) is 113 Å². The molecule has 0 amide bonds. The molecule has 0 radical (unpaired) electrons. The lowest BCUT2D eigenvalue weighted by Gasteiger charge is -2.30. The van der Waals surface area contributed by atoms with Gasteiger partial charge in [0.1, 0.15) is 0 Å². The molecule has 7 aromatic carbocycles. The summed E-state index contributed by atoms with van der Waals surface area (Å²) >= 11 is 2.35. The Bertz CT molecular complexity index is 2450. The smallest absolute Gasteiger partial charge is 0.0543 e. The number of rotatable bonds is 9. The first-order chi connectivity index (χ1) is 25.4. The molecule has 8 rings (SSSR count). The molecule has 0 bridgehead atoms. The number of anilines is 6. The van der Waals surface area contributed by atoms with Crippen molar-refractivity contribution in [3.8, 4) is 11.1 Å². The van der Waals surface area contributed by atoms with Gasteiger partial charge < -0.3 is 9.80 Å². The fraction of sp³-hybridized carbons (Fsp3) is 0.0833. The Morgan fingerprint density at radius 2 is 1.19 bits per heavy atom. The zero-order valence-corrected chi connectivity index (χ0v) is 32.5. The van der Waals surface area contributed by atoms with Gasteiger partial charge in [0.05, 0.1) is 11.4 Å². The number of hydrogen-bond acceptors (Lipinski definition) is 3. The molecule has 254 valence electrons. The van der Waals surface area contributed by atoms with E-state index in [0.29, 0.717) is 0 Å². The van der Waals surface area contributed by atoms with Crippen LogP contribution in [0.15, 0.2) is 169 Å². The number of halogens is 1. The third-order valence-electron chi connectivity index (χ3n) is 10.3. The van der Waals surface area contributed by atoms with Crippen molar-refractivity contribution in [2.75, 3.05) is 9.80 Å². The third kappa shape index (κ3) is 5.84. The zero-order valence-electron chi connectivity index (χ0n) is 29.6. The highest BCUT2D eigenvalue weighted by Crippen LogP contribution is 2.56. The minimum Gasteiger partial charge on any atom is -0.310 e. The number of para-hydroxylation sites is 2. The first-order valence-corrected chi connectivity index (χ1v) is 21.0. The van der Waals surface area contributed by atoms with Crippen LogP contribution in [0.2, 0.25) is 0 Å². The fourth-order valence-electron chi connectivity index (χ4n) is 7.82. The average Bonchev–Trinajstić information content (AvgIpc) is 3.42. The molecular formula is C48H39IN2S. The van der Waals surface area contributed by atoms with Crippen molar-refractivity contribution in [3.05, 3.63) is 187 Å². The molecule has 0 fully saturated rings. The van der Waals surface area contributed by atoms with Crippen LogP contribution in [0.1, 0.15) is 43.0 Å². The van der Waals surface area contributed by atoms with Crippen molar-refractivity contribution in [2.24, 2.45) is 0 Å². The monoisotopic (exact) mass is 802 g/mol. The predicted molar refractivity (Wildman–Crippen MR) is 236 cm³/mol. The van der Waals surface area contributed by atoms with Gasteiger partial charge in [0.25, 0.3) is 0 Å². The first kappa shape index (κ1) is 34.1. The lowest BCUT2D eigenvalue weighted by molar-refractivity contribution is 0.661. The molecule has 0 atom stereocenters. The number of benzene rings is 7. The molecule has 52 heavy (non-hydrogen) atoms. The molecule has 0 N–H and O–H groups in total. The third-order valence-corrected chi connectivity index (χ3v) is 12.2. The van der Waals surface area contributed by atoms with Crippen molar-refractivity contribution in [2.45, 2.75) is 31.1 Å². The standard InChI is InChI=1S/C48H39IN2S/c1-5-16-39-33(6-2)17-15-24-45(39)51(35-20-11-8-12-21-35)37-27-30-42-43(31-37)48(3,4)44-32-46(40-22-13-14-23-41(40)47(42)44)50(34-18-9-7-10-19-34)36-25-28-38(52-49)29-26-36/h5-32H,2H2,1,3-4H3/b16-5-. The minimum absolute atomic E-state index is 0.263. The minimum atomic E-state index is -0.263. The van der Waals surface area contributed by atoms with E-state index in [-0.39, 0.29) is 5.41 Å². The Kier molecular flexibility index (Phi) is 9.29. The van der Waals surface area contributed by atoms with Crippen molar-refractivity contribution in [3.63, 3.8) is 0 Å². The summed E-state index contributed by atoms with van der Waals surface area (Å²) in [6.45, 7) is 11.0. The average molecular weight is 803 g/mol. The van der Waals surface area contributed by atoms with E-state index in [1.54, 1.807) is 8.93 Å². The Hall–Kier alpha value is -5.04. The van der Waals surface area contributed by atoms with Crippen molar-refractivity contribution in [1.29, 1.82) is 0 Å². The van der Waals surface area contributed by atoms with Gasteiger partial charge >= 0.3 is 0 Å². The molecule has 0 unspecified atom stereocenters. The summed E-state index contributed by atoms with van der Waals surface area (Å²) < 4.78 is 0. The molecule has 7 aromatic rings. The fourth-order valence-corrected chi connectivity index (χ4v) is 8.94. The molecule has 1 aliphatic rings. The van der Waals surface area contributed by atoms with Crippen molar-refractivity contribution < 1.29 is 0 Å². The van der Waals surface area contributed by atoms with Crippen LogP contribution in [-0.4, -0.2) is 0 Å². The lowest BCUT2D eigenvalue weighted by atomic mass is 9.81. The Labute approximate surface area is 323 Å². The summed E-state index contributed by atoms with van der Waals surface area (Å²) in [5.74, 6) is 0. The van der Waals surface area contributed by atoms with E-state index in [1.165, 1.54) is 43.6 Å². The van der Waals surface area contributed by atoms with E-state index in [4.69, 9.17) is 0 Å². The van der Waals surface area contributed by atoms with Gasteiger partial charge in [-0.1, -0.05) is 126 Å². The highest BCUT2D eigenvalue weighted by atomic mass is 127. The van der Waals surface area contributed by atoms with Gasteiger partial charge in [0, 0.05) is 65.2 Å². The van der Waals surface area contributed by atoms with Gasteiger partial charge in [-0.3, -0.25) is 0 Å². The van der Waals surface area contributed by atoms with Crippen LogP contribution >= 0.6 is 30.1 Å². The molecule has 1 aliphatic carbocycles. The van der Waals surface area contributed by atoms with Crippen LogP contribution in [0.25, 0.3) is 34.1 Å². The van der Waals surface area contributed by atoms with Gasteiger partial charge in [-0.15, -0.1) is 0 Å². The summed E-state index contributed by atoms with van der Waals surface area (Å²) in [6.07, 6.45) is 6.24. The second-order valence-corrected chi connectivity index (χ2v) is 15.6. The van der Waals surface area contributed by atoms with Crippen LogP contribution in [0.4, 0.5) is 34.1 Å². The summed E-state index contributed by atoms with van der Waals surface area (Å²) in [4.78, 5) is 6.04. The second kappa shape index (κ2) is 14.2. The molecule has 0 aliphatic heterocycles. The molecule has 0 aromatic heterocycles. The van der Waals surface area contributed by atoms with Crippen LogP contribution in [0.5, 0.6) is 0 Å². The number of allylic oxidation sites excluding steroid dienone is 1. The Morgan fingerprint density at radius 1 is 0.596 bits per heavy atom. The van der Waals surface area contributed by atoms with E-state index in [1.807, 2.05) is 6.08 Å².